The summed E-state index contributed by atoms with van der Waals surface area (Å²) >= 11 is 0. The van der Waals surface area contributed by atoms with Gasteiger partial charge in [0.25, 0.3) is 0 Å². The van der Waals surface area contributed by atoms with Gasteiger partial charge in [-0.15, -0.1) is 0 Å². The molecule has 1 heterocycles. The number of allylic oxidation sites excluding steroid dienone is 2. The van der Waals surface area contributed by atoms with Crippen LogP contribution in [-0.4, -0.2) is 42.1 Å². The minimum Gasteiger partial charge on any atom is -0.498 e. The van der Waals surface area contributed by atoms with E-state index in [0.717, 1.165) is 12.8 Å². The highest BCUT2D eigenvalue weighted by atomic mass is 16.6. The zero-order chi connectivity index (χ0) is 16.3. The lowest BCUT2D eigenvalue weighted by Gasteiger charge is -2.45. The first-order valence-electron chi connectivity index (χ1n) is 7.45. The second kappa shape index (κ2) is 6.64. The maximum atomic E-state index is 12.3. The lowest BCUT2D eigenvalue weighted by atomic mass is 9.81. The minimum absolute atomic E-state index is 0.382. The van der Waals surface area contributed by atoms with Crippen molar-refractivity contribution in [1.82, 2.24) is 4.90 Å². The van der Waals surface area contributed by atoms with Crippen molar-refractivity contribution < 1.29 is 18.9 Å². The van der Waals surface area contributed by atoms with Crippen molar-refractivity contribution >= 4 is 19.1 Å². The van der Waals surface area contributed by atoms with Crippen molar-refractivity contribution in [2.75, 3.05) is 7.05 Å². The Labute approximate surface area is 127 Å². The van der Waals surface area contributed by atoms with Crippen LogP contribution in [0.3, 0.4) is 0 Å². The average Bonchev–Trinajstić information content (AvgIpc) is 2.41. The molecule has 0 atom stereocenters. The van der Waals surface area contributed by atoms with Gasteiger partial charge >= 0.3 is 19.1 Å². The molecule has 0 saturated carbocycles. The van der Waals surface area contributed by atoms with Crippen LogP contribution < -0.4 is 0 Å². The summed E-state index contributed by atoms with van der Waals surface area (Å²) in [6, 6.07) is 0. The van der Waals surface area contributed by atoms with Crippen LogP contribution in [0.2, 0.25) is 6.32 Å². The largest absolute Gasteiger partial charge is 0.602 e. The van der Waals surface area contributed by atoms with Gasteiger partial charge in [-0.2, -0.15) is 0 Å². The zero-order valence-electron chi connectivity index (χ0n) is 13.9. The molecule has 0 amide bonds. The van der Waals surface area contributed by atoms with Crippen LogP contribution in [-0.2, 0) is 18.9 Å². The molecule has 0 radical (unpaired) electrons. The van der Waals surface area contributed by atoms with Gasteiger partial charge in [0.15, 0.2) is 0 Å². The predicted molar refractivity (Wildman–Crippen MR) is 82.7 cm³/mol. The van der Waals surface area contributed by atoms with Gasteiger partial charge in [0, 0.05) is 6.32 Å². The van der Waals surface area contributed by atoms with Crippen LogP contribution >= 0.6 is 0 Å². The third kappa shape index (κ3) is 3.87. The first kappa shape index (κ1) is 17.8. The molecule has 6 heteroatoms. The Morgan fingerprint density at radius 2 is 1.52 bits per heavy atom. The van der Waals surface area contributed by atoms with Crippen molar-refractivity contribution in [1.29, 1.82) is 0 Å². The van der Waals surface area contributed by atoms with E-state index >= 15 is 0 Å². The number of carbonyl (C=O) groups excluding carboxylic acids is 2. The third-order valence-corrected chi connectivity index (χ3v) is 4.10. The third-order valence-electron chi connectivity index (χ3n) is 4.10. The molecule has 0 aromatic heterocycles. The van der Waals surface area contributed by atoms with E-state index in [4.69, 9.17) is 9.31 Å². The molecule has 1 aliphatic heterocycles. The average molecular weight is 295 g/mol. The van der Waals surface area contributed by atoms with E-state index in [1.54, 1.807) is 39.6 Å². The summed E-state index contributed by atoms with van der Waals surface area (Å²) in [7, 11) is 0.870. The molecule has 0 aromatic carbocycles. The summed E-state index contributed by atoms with van der Waals surface area (Å²) in [5, 5.41) is 0. The van der Waals surface area contributed by atoms with Crippen LogP contribution in [0.5, 0.6) is 0 Å². The number of hydrogen-bond acceptors (Lipinski definition) is 5. The maximum Gasteiger partial charge on any atom is 0.602 e. The van der Waals surface area contributed by atoms with E-state index in [1.807, 2.05) is 12.2 Å². The number of nitrogens with zero attached hydrogens (tertiary/aromatic N) is 1. The van der Waals surface area contributed by atoms with E-state index in [9.17, 15) is 9.59 Å². The number of unbranched alkanes of at least 4 members (excludes halogenated alkanes) is 1. The molecule has 0 aliphatic carbocycles. The minimum atomic E-state index is -0.895. The van der Waals surface area contributed by atoms with Crippen LogP contribution in [0.1, 0.15) is 47.5 Å². The summed E-state index contributed by atoms with van der Waals surface area (Å²) < 4.78 is 10.7. The first-order chi connectivity index (χ1) is 9.64. The summed E-state index contributed by atoms with van der Waals surface area (Å²) in [4.78, 5) is 26.3. The van der Waals surface area contributed by atoms with Gasteiger partial charge in [-0.1, -0.05) is 25.5 Å². The van der Waals surface area contributed by atoms with E-state index in [1.165, 1.54) is 0 Å². The monoisotopic (exact) mass is 295 g/mol. The van der Waals surface area contributed by atoms with Crippen molar-refractivity contribution in [2.24, 2.45) is 0 Å². The fourth-order valence-electron chi connectivity index (χ4n) is 2.11. The van der Waals surface area contributed by atoms with Gasteiger partial charge in [-0.3, -0.25) is 14.5 Å². The molecule has 1 aliphatic rings. The van der Waals surface area contributed by atoms with Crippen molar-refractivity contribution in [2.45, 2.75) is 64.9 Å². The molecule has 0 spiro atoms. The fourth-order valence-corrected chi connectivity index (χ4v) is 2.11. The van der Waals surface area contributed by atoms with Crippen LogP contribution in [0, 0.1) is 0 Å². The fraction of sp³-hybridized carbons (Fsp3) is 0.733. The Morgan fingerprint density at radius 3 is 1.95 bits per heavy atom. The Morgan fingerprint density at radius 1 is 1.05 bits per heavy atom. The van der Waals surface area contributed by atoms with Crippen LogP contribution in [0.25, 0.3) is 0 Å². The first-order valence-corrected chi connectivity index (χ1v) is 7.45. The summed E-state index contributed by atoms with van der Waals surface area (Å²) in [6.07, 6.45) is 6.27. The molecule has 0 N–H and O–H groups in total. The standard InChI is InChI=1S/C15H26BNO4/c1-7-8-9-10-11-16-20-12(18)14(2,3)17(6)15(4,5)13(19)21-16/h9-10H,7-8,11H2,1-6H3. The highest BCUT2D eigenvalue weighted by molar-refractivity contribution is 6.50. The van der Waals surface area contributed by atoms with Gasteiger partial charge in [-0.05, 0) is 41.2 Å². The lowest BCUT2D eigenvalue weighted by molar-refractivity contribution is -0.166. The highest BCUT2D eigenvalue weighted by Gasteiger charge is 2.50. The number of hydrogen-bond donors (Lipinski definition) is 0. The molecule has 1 saturated heterocycles. The van der Waals surface area contributed by atoms with Gasteiger partial charge < -0.3 is 9.31 Å². The molecule has 0 unspecified atom stereocenters. The topological polar surface area (TPSA) is 55.8 Å². The SMILES string of the molecule is CCCC=CCB1OC(=O)C(C)(C)N(C)C(C)(C)C(=O)O1. The van der Waals surface area contributed by atoms with Gasteiger partial charge in [0.2, 0.25) is 0 Å². The molecule has 118 valence electrons. The number of carbonyl (C=O) groups is 2. The van der Waals surface area contributed by atoms with Gasteiger partial charge in [0.1, 0.15) is 11.1 Å². The van der Waals surface area contributed by atoms with Crippen molar-refractivity contribution in [3.05, 3.63) is 12.2 Å². The van der Waals surface area contributed by atoms with E-state index in [-0.39, 0.29) is 11.9 Å². The Balaban J connectivity index is 2.94. The summed E-state index contributed by atoms with van der Waals surface area (Å²) in [5.41, 5.74) is -1.79. The molecule has 0 aromatic rings. The smallest absolute Gasteiger partial charge is 0.498 e. The Hall–Kier alpha value is -1.30. The number of likely N-dealkylation sites (N-methyl/N-ethyl adjacent to an activating group) is 1. The van der Waals surface area contributed by atoms with Crippen molar-refractivity contribution in [3.8, 4) is 0 Å². The van der Waals surface area contributed by atoms with E-state index < -0.39 is 18.2 Å². The second-order valence-corrected chi connectivity index (χ2v) is 6.41. The molecular weight excluding hydrogens is 269 g/mol. The normalized spacial score (nSPS) is 22.7. The molecule has 0 bridgehead atoms. The zero-order valence-corrected chi connectivity index (χ0v) is 13.9. The van der Waals surface area contributed by atoms with Gasteiger partial charge in [-0.25, -0.2) is 0 Å². The summed E-state index contributed by atoms with van der Waals surface area (Å²) in [6.45, 7) is 9.08. The lowest BCUT2D eigenvalue weighted by Crippen LogP contribution is -2.64. The van der Waals surface area contributed by atoms with Gasteiger partial charge in [0.05, 0.1) is 0 Å². The molecular formula is C15H26BNO4. The maximum absolute atomic E-state index is 12.3. The Bertz CT molecular complexity index is 401. The molecule has 1 rings (SSSR count). The van der Waals surface area contributed by atoms with Crippen LogP contribution in [0.15, 0.2) is 12.2 Å². The highest BCUT2D eigenvalue weighted by Crippen LogP contribution is 2.28. The molecule has 21 heavy (non-hydrogen) atoms. The Kier molecular flexibility index (Phi) is 5.62. The second-order valence-electron chi connectivity index (χ2n) is 6.41. The molecule has 5 nitrogen and oxygen atoms in total. The van der Waals surface area contributed by atoms with Crippen molar-refractivity contribution in [3.63, 3.8) is 0 Å². The van der Waals surface area contributed by atoms with E-state index in [0.29, 0.717) is 6.32 Å². The van der Waals surface area contributed by atoms with Crippen LogP contribution in [0.4, 0.5) is 0 Å². The quantitative estimate of drug-likeness (QED) is 0.589. The molecule has 1 fully saturated rings. The number of rotatable bonds is 4. The summed E-state index contributed by atoms with van der Waals surface area (Å²) in [5.74, 6) is -0.779. The van der Waals surface area contributed by atoms with E-state index in [2.05, 4.69) is 6.92 Å². The predicted octanol–water partition coefficient (Wildman–Crippen LogP) is 2.42.